The third-order valence-electron chi connectivity index (χ3n) is 3.04. The summed E-state index contributed by atoms with van der Waals surface area (Å²) in [5, 5.41) is 2.79. The first-order valence-electron chi connectivity index (χ1n) is 6.52. The van der Waals surface area contributed by atoms with E-state index in [0.717, 1.165) is 12.8 Å². The molecule has 100 valence electrons. The SMILES string of the molecule is CCCC[C@H](C(N)=O)C(C(=O)NCC)C(C)C. The fraction of sp³-hybridized carbons (Fsp3) is 0.846. The molecule has 0 fully saturated rings. The van der Waals surface area contributed by atoms with Crippen molar-refractivity contribution in [3.8, 4) is 0 Å². The second-order valence-electron chi connectivity index (χ2n) is 4.82. The molecule has 0 heterocycles. The maximum absolute atomic E-state index is 12.0. The van der Waals surface area contributed by atoms with Crippen LogP contribution in [0, 0.1) is 17.8 Å². The van der Waals surface area contributed by atoms with Gasteiger partial charge in [0, 0.05) is 12.5 Å². The molecule has 0 bridgehead atoms. The van der Waals surface area contributed by atoms with Crippen LogP contribution >= 0.6 is 0 Å². The highest BCUT2D eigenvalue weighted by molar-refractivity contribution is 5.87. The molecule has 0 aromatic carbocycles. The molecule has 2 amide bonds. The fourth-order valence-corrected chi connectivity index (χ4v) is 2.16. The number of amides is 2. The highest BCUT2D eigenvalue weighted by Gasteiger charge is 2.33. The maximum atomic E-state index is 12.0. The van der Waals surface area contributed by atoms with Crippen LogP contribution in [0.2, 0.25) is 0 Å². The van der Waals surface area contributed by atoms with E-state index in [2.05, 4.69) is 12.2 Å². The average molecular weight is 242 g/mol. The smallest absolute Gasteiger partial charge is 0.224 e. The molecule has 2 atom stereocenters. The molecule has 17 heavy (non-hydrogen) atoms. The Morgan fingerprint density at radius 1 is 1.24 bits per heavy atom. The van der Waals surface area contributed by atoms with E-state index in [1.807, 2.05) is 20.8 Å². The zero-order chi connectivity index (χ0) is 13.4. The third kappa shape index (κ3) is 5.20. The molecule has 0 spiro atoms. The lowest BCUT2D eigenvalue weighted by molar-refractivity contribution is -0.135. The summed E-state index contributed by atoms with van der Waals surface area (Å²) in [6, 6.07) is 0. The van der Waals surface area contributed by atoms with Crippen LogP contribution in [0.15, 0.2) is 0 Å². The van der Waals surface area contributed by atoms with Crippen molar-refractivity contribution in [2.45, 2.75) is 47.0 Å². The quantitative estimate of drug-likeness (QED) is 0.680. The molecule has 0 aromatic rings. The van der Waals surface area contributed by atoms with Gasteiger partial charge in [-0.15, -0.1) is 0 Å². The number of nitrogens with one attached hydrogen (secondary N) is 1. The van der Waals surface area contributed by atoms with Crippen molar-refractivity contribution in [2.75, 3.05) is 6.54 Å². The summed E-state index contributed by atoms with van der Waals surface area (Å²) >= 11 is 0. The van der Waals surface area contributed by atoms with Gasteiger partial charge in [0.1, 0.15) is 0 Å². The summed E-state index contributed by atoms with van der Waals surface area (Å²) in [5.74, 6) is -0.942. The van der Waals surface area contributed by atoms with E-state index >= 15 is 0 Å². The predicted octanol–water partition coefficient (Wildman–Crippen LogP) is 1.69. The van der Waals surface area contributed by atoms with Crippen LogP contribution in [-0.4, -0.2) is 18.4 Å². The lowest BCUT2D eigenvalue weighted by Gasteiger charge is -2.27. The Morgan fingerprint density at radius 3 is 2.18 bits per heavy atom. The zero-order valence-electron chi connectivity index (χ0n) is 11.5. The van der Waals surface area contributed by atoms with E-state index in [1.54, 1.807) is 0 Å². The molecule has 0 aliphatic rings. The van der Waals surface area contributed by atoms with Gasteiger partial charge in [-0.05, 0) is 19.3 Å². The molecule has 4 nitrogen and oxygen atoms in total. The van der Waals surface area contributed by atoms with Crippen LogP contribution in [0.5, 0.6) is 0 Å². The first-order chi connectivity index (χ1) is 7.95. The summed E-state index contributed by atoms with van der Waals surface area (Å²) < 4.78 is 0. The fourth-order valence-electron chi connectivity index (χ4n) is 2.16. The minimum atomic E-state index is -0.358. The van der Waals surface area contributed by atoms with Gasteiger partial charge in [-0.25, -0.2) is 0 Å². The average Bonchev–Trinajstić information content (AvgIpc) is 2.23. The molecular formula is C13H26N2O2. The molecule has 1 unspecified atom stereocenters. The number of hydrogen-bond donors (Lipinski definition) is 2. The largest absolute Gasteiger partial charge is 0.369 e. The monoisotopic (exact) mass is 242 g/mol. The van der Waals surface area contributed by atoms with Gasteiger partial charge >= 0.3 is 0 Å². The highest BCUT2D eigenvalue weighted by Crippen LogP contribution is 2.25. The van der Waals surface area contributed by atoms with Crippen LogP contribution < -0.4 is 11.1 Å². The minimum Gasteiger partial charge on any atom is -0.369 e. The second-order valence-corrected chi connectivity index (χ2v) is 4.82. The number of carbonyl (C=O) groups is 2. The minimum absolute atomic E-state index is 0.0533. The third-order valence-corrected chi connectivity index (χ3v) is 3.04. The number of hydrogen-bond acceptors (Lipinski definition) is 2. The molecule has 0 radical (unpaired) electrons. The molecule has 0 aliphatic carbocycles. The van der Waals surface area contributed by atoms with Gasteiger partial charge < -0.3 is 11.1 Å². The van der Waals surface area contributed by atoms with Crippen molar-refractivity contribution in [3.63, 3.8) is 0 Å². The summed E-state index contributed by atoms with van der Waals surface area (Å²) in [5.41, 5.74) is 5.43. The van der Waals surface area contributed by atoms with Crippen LogP contribution in [0.25, 0.3) is 0 Å². The normalized spacial score (nSPS) is 14.4. The Bertz CT molecular complexity index is 252. The number of primary amides is 1. The van der Waals surface area contributed by atoms with Crippen LogP contribution in [-0.2, 0) is 9.59 Å². The van der Waals surface area contributed by atoms with Crippen molar-refractivity contribution in [3.05, 3.63) is 0 Å². The second kappa shape index (κ2) is 8.09. The van der Waals surface area contributed by atoms with Crippen molar-refractivity contribution in [2.24, 2.45) is 23.5 Å². The van der Waals surface area contributed by atoms with E-state index < -0.39 is 0 Å². The topological polar surface area (TPSA) is 72.2 Å². The molecule has 0 saturated carbocycles. The lowest BCUT2D eigenvalue weighted by atomic mass is 9.79. The van der Waals surface area contributed by atoms with Gasteiger partial charge in [-0.3, -0.25) is 9.59 Å². The summed E-state index contributed by atoms with van der Waals surface area (Å²) in [6.07, 6.45) is 2.63. The number of rotatable bonds is 8. The molecule has 0 aliphatic heterocycles. The highest BCUT2D eigenvalue weighted by atomic mass is 16.2. The Balaban J connectivity index is 4.82. The first-order valence-corrected chi connectivity index (χ1v) is 6.52. The molecule has 0 rings (SSSR count). The summed E-state index contributed by atoms with van der Waals surface area (Å²) in [4.78, 5) is 23.5. The van der Waals surface area contributed by atoms with Gasteiger partial charge in [0.05, 0.1) is 5.92 Å². The zero-order valence-corrected chi connectivity index (χ0v) is 11.5. The Hall–Kier alpha value is -1.06. The van der Waals surface area contributed by atoms with Crippen molar-refractivity contribution in [1.82, 2.24) is 5.32 Å². The number of nitrogens with two attached hydrogens (primary N) is 1. The molecule has 0 aromatic heterocycles. The predicted molar refractivity (Wildman–Crippen MR) is 69.2 cm³/mol. The van der Waals surface area contributed by atoms with Crippen LogP contribution in [0.4, 0.5) is 0 Å². The maximum Gasteiger partial charge on any atom is 0.224 e. The molecular weight excluding hydrogens is 216 g/mol. The van der Waals surface area contributed by atoms with Gasteiger partial charge in [0.15, 0.2) is 0 Å². The van der Waals surface area contributed by atoms with Crippen LogP contribution in [0.1, 0.15) is 47.0 Å². The van der Waals surface area contributed by atoms with Gasteiger partial charge in [-0.1, -0.05) is 33.6 Å². The summed E-state index contributed by atoms with van der Waals surface area (Å²) in [6.45, 7) is 8.44. The number of unbranched alkanes of at least 4 members (excludes halogenated alkanes) is 1. The van der Waals surface area contributed by atoms with Gasteiger partial charge in [-0.2, -0.15) is 0 Å². The van der Waals surface area contributed by atoms with E-state index in [0.29, 0.717) is 13.0 Å². The van der Waals surface area contributed by atoms with E-state index in [4.69, 9.17) is 5.73 Å². The lowest BCUT2D eigenvalue weighted by Crippen LogP contribution is -2.42. The first kappa shape index (κ1) is 15.9. The van der Waals surface area contributed by atoms with Crippen molar-refractivity contribution in [1.29, 1.82) is 0 Å². The van der Waals surface area contributed by atoms with E-state index in [1.165, 1.54) is 0 Å². The van der Waals surface area contributed by atoms with E-state index in [-0.39, 0.29) is 29.6 Å². The molecule has 3 N–H and O–H groups in total. The Morgan fingerprint density at radius 2 is 1.82 bits per heavy atom. The van der Waals surface area contributed by atoms with Crippen LogP contribution in [0.3, 0.4) is 0 Å². The Labute approximate surface area is 104 Å². The number of carbonyl (C=O) groups excluding carboxylic acids is 2. The molecule has 4 heteroatoms. The van der Waals surface area contributed by atoms with Gasteiger partial charge in [0.2, 0.25) is 11.8 Å². The van der Waals surface area contributed by atoms with Gasteiger partial charge in [0.25, 0.3) is 0 Å². The summed E-state index contributed by atoms with van der Waals surface area (Å²) in [7, 11) is 0. The molecule has 0 saturated heterocycles. The standard InChI is InChI=1S/C13H26N2O2/c1-5-7-8-10(12(14)16)11(9(3)4)13(17)15-6-2/h9-11H,5-8H2,1-4H3,(H2,14,16)(H,15,17)/t10-,11?/m0/s1. The van der Waals surface area contributed by atoms with Crippen molar-refractivity contribution < 1.29 is 9.59 Å². The van der Waals surface area contributed by atoms with E-state index in [9.17, 15) is 9.59 Å². The Kier molecular flexibility index (Phi) is 7.59. The van der Waals surface area contributed by atoms with Crippen molar-refractivity contribution >= 4 is 11.8 Å².